The second kappa shape index (κ2) is 8.90. The molecule has 0 saturated heterocycles. The van der Waals surface area contributed by atoms with E-state index in [1.165, 1.54) is 24.3 Å². The largest absolute Gasteiger partial charge is 0.435 e. The number of carbonyl (C=O) groups excluding carboxylic acids is 1. The number of ether oxygens (including phenoxy) is 1. The van der Waals surface area contributed by atoms with Gasteiger partial charge in [0.25, 0.3) is 5.91 Å². The van der Waals surface area contributed by atoms with E-state index < -0.39 is 6.61 Å². The molecule has 0 aromatic heterocycles. The minimum Gasteiger partial charge on any atom is -0.435 e. The summed E-state index contributed by atoms with van der Waals surface area (Å²) in [6, 6.07) is 5.89. The minimum atomic E-state index is -2.86. The number of carbonyl (C=O) groups is 1. The lowest BCUT2D eigenvalue weighted by atomic mass is 9.86. The number of alkyl halides is 2. The van der Waals surface area contributed by atoms with Crippen LogP contribution in [-0.4, -0.2) is 25.1 Å². The second-order valence-corrected chi connectivity index (χ2v) is 5.41. The summed E-state index contributed by atoms with van der Waals surface area (Å²) < 4.78 is 28.3. The van der Waals surface area contributed by atoms with Crippen LogP contribution in [0, 0.1) is 5.92 Å². The average molecular weight is 335 g/mol. The van der Waals surface area contributed by atoms with Crippen LogP contribution in [-0.2, 0) is 0 Å². The van der Waals surface area contributed by atoms with E-state index in [0.29, 0.717) is 18.0 Å². The normalized spacial score (nSPS) is 21.1. The molecule has 0 spiro atoms. The first-order valence-electron chi connectivity index (χ1n) is 7.13. The predicted octanol–water partition coefficient (Wildman–Crippen LogP) is 2.96. The monoisotopic (exact) mass is 334 g/mol. The van der Waals surface area contributed by atoms with Crippen molar-refractivity contribution in [3.05, 3.63) is 29.8 Å². The Morgan fingerprint density at radius 1 is 1.32 bits per heavy atom. The first-order valence-corrected chi connectivity index (χ1v) is 7.13. The number of rotatable bonds is 5. The molecule has 4 nitrogen and oxygen atoms in total. The quantitative estimate of drug-likeness (QED) is 0.870. The Balaban J connectivity index is 0.00000242. The Labute approximate surface area is 134 Å². The molecule has 1 amide bonds. The smallest absolute Gasteiger partial charge is 0.387 e. The number of amides is 1. The summed E-state index contributed by atoms with van der Waals surface area (Å²) in [4.78, 5) is 12.0. The molecule has 0 aliphatic heterocycles. The van der Waals surface area contributed by atoms with Gasteiger partial charge < -0.3 is 15.8 Å². The lowest BCUT2D eigenvalue weighted by Gasteiger charge is -2.26. The van der Waals surface area contributed by atoms with Gasteiger partial charge in [-0.15, -0.1) is 12.4 Å². The maximum atomic E-state index is 12.0. The van der Waals surface area contributed by atoms with Gasteiger partial charge in [0.05, 0.1) is 0 Å². The third-order valence-electron chi connectivity index (χ3n) is 3.72. The van der Waals surface area contributed by atoms with Gasteiger partial charge in [-0.2, -0.15) is 8.78 Å². The van der Waals surface area contributed by atoms with E-state index in [4.69, 9.17) is 5.73 Å². The molecule has 1 aromatic rings. The predicted molar refractivity (Wildman–Crippen MR) is 82.6 cm³/mol. The molecule has 1 aliphatic carbocycles. The van der Waals surface area contributed by atoms with Crippen LogP contribution >= 0.6 is 12.4 Å². The Morgan fingerprint density at radius 3 is 2.59 bits per heavy atom. The summed E-state index contributed by atoms with van der Waals surface area (Å²) in [5, 5.41) is 2.87. The van der Waals surface area contributed by atoms with E-state index in [1.54, 1.807) is 0 Å². The van der Waals surface area contributed by atoms with Crippen molar-refractivity contribution in [3.8, 4) is 5.75 Å². The number of nitrogens with two attached hydrogens (primary N) is 1. The first kappa shape index (κ1) is 18.6. The third-order valence-corrected chi connectivity index (χ3v) is 3.72. The standard InChI is InChI=1S/C15H20F2N2O2.ClH/c16-15(17)21-13-6-4-11(5-7-13)14(20)19-9-10-2-1-3-12(18)8-10;/h4-7,10,12,15H,1-3,8-9,18H2,(H,19,20);1H. The topological polar surface area (TPSA) is 64.3 Å². The van der Waals surface area contributed by atoms with Gasteiger partial charge in [0, 0.05) is 18.2 Å². The number of halogens is 3. The fourth-order valence-electron chi connectivity index (χ4n) is 2.64. The lowest BCUT2D eigenvalue weighted by molar-refractivity contribution is -0.0498. The molecule has 124 valence electrons. The van der Waals surface area contributed by atoms with Crippen molar-refractivity contribution in [1.82, 2.24) is 5.32 Å². The van der Waals surface area contributed by atoms with Gasteiger partial charge in [-0.25, -0.2) is 0 Å². The van der Waals surface area contributed by atoms with Crippen molar-refractivity contribution in [2.24, 2.45) is 11.7 Å². The lowest BCUT2D eigenvalue weighted by Crippen LogP contribution is -2.35. The van der Waals surface area contributed by atoms with Crippen LogP contribution in [0.2, 0.25) is 0 Å². The van der Waals surface area contributed by atoms with Crippen LogP contribution < -0.4 is 15.8 Å². The van der Waals surface area contributed by atoms with Crippen LogP contribution in [0.25, 0.3) is 0 Å². The molecule has 1 aliphatic rings. The van der Waals surface area contributed by atoms with Crippen LogP contribution in [0.4, 0.5) is 8.78 Å². The summed E-state index contributed by atoms with van der Waals surface area (Å²) in [5.41, 5.74) is 6.34. The highest BCUT2D eigenvalue weighted by Gasteiger charge is 2.19. The fourth-order valence-corrected chi connectivity index (χ4v) is 2.64. The fraction of sp³-hybridized carbons (Fsp3) is 0.533. The summed E-state index contributed by atoms with van der Waals surface area (Å²) in [6.07, 6.45) is 4.16. The van der Waals surface area contributed by atoms with E-state index in [2.05, 4.69) is 10.1 Å². The zero-order valence-electron chi connectivity index (χ0n) is 12.1. The van der Waals surface area contributed by atoms with Gasteiger partial charge in [0.2, 0.25) is 0 Å². The second-order valence-electron chi connectivity index (χ2n) is 5.41. The molecular weight excluding hydrogens is 314 g/mol. The maximum absolute atomic E-state index is 12.0. The van der Waals surface area contributed by atoms with Crippen molar-refractivity contribution in [1.29, 1.82) is 0 Å². The zero-order chi connectivity index (χ0) is 15.2. The first-order chi connectivity index (χ1) is 10.0. The zero-order valence-corrected chi connectivity index (χ0v) is 13.0. The third kappa shape index (κ3) is 5.77. The van der Waals surface area contributed by atoms with Gasteiger partial charge in [0.15, 0.2) is 0 Å². The van der Waals surface area contributed by atoms with Crippen LogP contribution in [0.1, 0.15) is 36.0 Å². The number of hydrogen-bond donors (Lipinski definition) is 2. The van der Waals surface area contributed by atoms with E-state index in [9.17, 15) is 13.6 Å². The molecule has 0 radical (unpaired) electrons. The minimum absolute atomic E-state index is 0. The summed E-state index contributed by atoms with van der Waals surface area (Å²) >= 11 is 0. The van der Waals surface area contributed by atoms with Crippen molar-refractivity contribution < 1.29 is 18.3 Å². The Hall–Kier alpha value is -1.40. The molecule has 0 bridgehead atoms. The van der Waals surface area contributed by atoms with Gasteiger partial charge in [-0.3, -0.25) is 4.79 Å². The maximum Gasteiger partial charge on any atom is 0.387 e. The highest BCUT2D eigenvalue weighted by molar-refractivity contribution is 5.94. The highest BCUT2D eigenvalue weighted by atomic mass is 35.5. The van der Waals surface area contributed by atoms with Gasteiger partial charge >= 0.3 is 6.61 Å². The molecular formula is C15H21ClF2N2O2. The van der Waals surface area contributed by atoms with Gasteiger partial charge in [-0.05, 0) is 49.4 Å². The Kier molecular flexibility index (Phi) is 7.55. The summed E-state index contributed by atoms with van der Waals surface area (Å²) in [5.74, 6) is 0.247. The molecule has 1 saturated carbocycles. The molecule has 7 heteroatoms. The van der Waals surface area contributed by atoms with E-state index in [-0.39, 0.29) is 30.1 Å². The number of hydrogen-bond acceptors (Lipinski definition) is 3. The molecule has 1 aromatic carbocycles. The van der Waals surface area contributed by atoms with Crippen LogP contribution in [0.15, 0.2) is 24.3 Å². The Bertz CT molecular complexity index is 471. The summed E-state index contributed by atoms with van der Waals surface area (Å²) in [7, 11) is 0. The van der Waals surface area contributed by atoms with Gasteiger partial charge in [0.1, 0.15) is 5.75 Å². The number of benzene rings is 1. The van der Waals surface area contributed by atoms with Gasteiger partial charge in [-0.1, -0.05) is 6.42 Å². The van der Waals surface area contributed by atoms with Crippen molar-refractivity contribution in [2.75, 3.05) is 6.54 Å². The van der Waals surface area contributed by atoms with E-state index in [1.807, 2.05) is 0 Å². The van der Waals surface area contributed by atoms with Crippen molar-refractivity contribution >= 4 is 18.3 Å². The number of nitrogens with one attached hydrogen (secondary N) is 1. The van der Waals surface area contributed by atoms with Crippen molar-refractivity contribution in [2.45, 2.75) is 38.3 Å². The SMILES string of the molecule is Cl.NC1CCCC(CNC(=O)c2ccc(OC(F)F)cc2)C1. The van der Waals surface area contributed by atoms with E-state index in [0.717, 1.165) is 25.7 Å². The van der Waals surface area contributed by atoms with Crippen LogP contribution in [0.3, 0.4) is 0 Å². The van der Waals surface area contributed by atoms with E-state index >= 15 is 0 Å². The molecule has 1 fully saturated rings. The molecule has 3 N–H and O–H groups in total. The molecule has 0 heterocycles. The Morgan fingerprint density at radius 2 is 2.00 bits per heavy atom. The molecule has 22 heavy (non-hydrogen) atoms. The van der Waals surface area contributed by atoms with Crippen molar-refractivity contribution in [3.63, 3.8) is 0 Å². The highest BCUT2D eigenvalue weighted by Crippen LogP contribution is 2.22. The summed E-state index contributed by atoms with van der Waals surface area (Å²) in [6.45, 7) is -2.26. The average Bonchev–Trinajstić information content (AvgIpc) is 2.45. The van der Waals surface area contributed by atoms with Crippen LogP contribution in [0.5, 0.6) is 5.75 Å². The molecule has 2 rings (SSSR count). The molecule has 2 unspecified atom stereocenters. The molecule has 2 atom stereocenters.